The van der Waals surface area contributed by atoms with Gasteiger partial charge >= 0.3 is 6.09 Å². The van der Waals surface area contributed by atoms with Crippen molar-refractivity contribution in [3.8, 4) is 5.75 Å². The Morgan fingerprint density at radius 3 is 2.83 bits per heavy atom. The lowest BCUT2D eigenvalue weighted by atomic mass is 9.89. The Morgan fingerprint density at radius 1 is 1.50 bits per heavy atom. The van der Waals surface area contributed by atoms with Crippen LogP contribution in [0, 0.1) is 0 Å². The minimum absolute atomic E-state index is 0. The maximum Gasteiger partial charge on any atom is 0.410 e. The van der Waals surface area contributed by atoms with Crippen LogP contribution < -0.4 is 4.74 Å². The number of nitrogens with zero attached hydrogens (tertiary/aromatic N) is 1. The normalized spacial score (nSPS) is 15.8. The Hall–Kier alpha value is -1.99. The number of ether oxygens (including phenoxy) is 2. The van der Waals surface area contributed by atoms with Crippen LogP contribution in [0.5, 0.6) is 5.75 Å². The van der Waals surface area contributed by atoms with E-state index >= 15 is 0 Å². The second-order valence-corrected chi connectivity index (χ2v) is 5.25. The maximum atomic E-state index is 12.2. The van der Waals surface area contributed by atoms with E-state index in [0.717, 1.165) is 17.4 Å². The van der Waals surface area contributed by atoms with Crippen molar-refractivity contribution in [3.05, 3.63) is 41.5 Å². The molecule has 1 aliphatic heterocycles. The third kappa shape index (κ3) is 4.10. The summed E-state index contributed by atoms with van der Waals surface area (Å²) >= 11 is 0. The van der Waals surface area contributed by atoms with Gasteiger partial charge < -0.3 is 24.3 Å². The van der Waals surface area contributed by atoms with Gasteiger partial charge in [0.1, 0.15) is 18.6 Å². The minimum Gasteiger partial charge on any atom is -0.496 e. The third-order valence-corrected chi connectivity index (χ3v) is 3.95. The first kappa shape index (κ1) is 20.1. The van der Waals surface area contributed by atoms with Gasteiger partial charge in [-0.2, -0.15) is 13.5 Å². The molecule has 24 heavy (non-hydrogen) atoms. The fourth-order valence-corrected chi connectivity index (χ4v) is 2.87. The number of hydrogen-bond donors (Lipinski definition) is 1. The number of aliphatic hydroxyl groups is 1. The molecule has 0 radical (unpaired) electrons. The zero-order valence-electron chi connectivity index (χ0n) is 13.7. The van der Waals surface area contributed by atoms with Crippen LogP contribution in [0.4, 0.5) is 4.79 Å². The molecule has 1 amide bonds. The molecule has 0 bridgehead atoms. The number of aldehydes is 1. The number of fused-ring (bicyclic) bond motifs is 1. The number of carbonyl (C=O) groups is 2. The molecule has 0 saturated carbocycles. The van der Waals surface area contributed by atoms with Crippen molar-refractivity contribution in [2.24, 2.45) is 0 Å². The van der Waals surface area contributed by atoms with E-state index in [-0.39, 0.29) is 33.1 Å². The van der Waals surface area contributed by atoms with Gasteiger partial charge in [-0.05, 0) is 29.7 Å². The van der Waals surface area contributed by atoms with Crippen molar-refractivity contribution >= 4 is 25.9 Å². The molecule has 1 atom stereocenters. The van der Waals surface area contributed by atoms with Gasteiger partial charge in [0.2, 0.25) is 0 Å². The fraction of sp³-hybridized carbons (Fsp3) is 0.412. The van der Waals surface area contributed by atoms with Crippen LogP contribution in [0.3, 0.4) is 0 Å². The zero-order valence-corrected chi connectivity index (χ0v) is 14.7. The van der Waals surface area contributed by atoms with Crippen LogP contribution in [0.25, 0.3) is 0 Å². The topological polar surface area (TPSA) is 76.1 Å². The Labute approximate surface area is 148 Å². The summed E-state index contributed by atoms with van der Waals surface area (Å²) in [6, 6.07) is 3.27. The van der Waals surface area contributed by atoms with Gasteiger partial charge in [-0.15, -0.1) is 0 Å². The second-order valence-electron chi connectivity index (χ2n) is 5.25. The largest absolute Gasteiger partial charge is 0.496 e. The Balaban J connectivity index is 0.00000288. The molecular formula is C17H23NO5S. The molecule has 1 heterocycles. The number of hydrogen-bond acceptors (Lipinski definition) is 5. The SMILES string of the molecule is C=CCOC(=O)N1CCc2cc(OC)c(CO)cc2[C@@H]1CC=O.S. The number of benzene rings is 1. The van der Waals surface area contributed by atoms with E-state index in [9.17, 15) is 14.7 Å². The fourth-order valence-electron chi connectivity index (χ4n) is 2.87. The number of methoxy groups -OCH3 is 1. The van der Waals surface area contributed by atoms with Crippen LogP contribution in [-0.4, -0.2) is 42.6 Å². The molecule has 1 aliphatic rings. The monoisotopic (exact) mass is 353 g/mol. The summed E-state index contributed by atoms with van der Waals surface area (Å²) in [4.78, 5) is 24.8. The molecular weight excluding hydrogens is 330 g/mol. The van der Waals surface area contributed by atoms with Gasteiger partial charge in [0.25, 0.3) is 0 Å². The first-order valence-corrected chi connectivity index (χ1v) is 7.44. The summed E-state index contributed by atoms with van der Waals surface area (Å²) in [5.74, 6) is 0.610. The summed E-state index contributed by atoms with van der Waals surface area (Å²) in [6.45, 7) is 3.93. The van der Waals surface area contributed by atoms with E-state index in [1.165, 1.54) is 6.08 Å². The summed E-state index contributed by atoms with van der Waals surface area (Å²) in [5.41, 5.74) is 2.49. The highest BCUT2D eigenvalue weighted by molar-refractivity contribution is 7.59. The Kier molecular flexibility index (Phi) is 7.81. The van der Waals surface area contributed by atoms with Crippen molar-refractivity contribution in [2.75, 3.05) is 20.3 Å². The highest BCUT2D eigenvalue weighted by Gasteiger charge is 2.32. The predicted octanol–water partition coefficient (Wildman–Crippen LogP) is 2.11. The maximum absolute atomic E-state index is 12.2. The molecule has 7 heteroatoms. The van der Waals surface area contributed by atoms with Crippen molar-refractivity contribution in [3.63, 3.8) is 0 Å². The lowest BCUT2D eigenvalue weighted by Crippen LogP contribution is -2.40. The second kappa shape index (κ2) is 9.34. The number of aliphatic hydroxyl groups excluding tert-OH is 1. The summed E-state index contributed by atoms with van der Waals surface area (Å²) in [5, 5.41) is 9.49. The van der Waals surface area contributed by atoms with E-state index in [0.29, 0.717) is 24.3 Å². The quantitative estimate of drug-likeness (QED) is 0.626. The zero-order chi connectivity index (χ0) is 16.8. The van der Waals surface area contributed by atoms with Gasteiger partial charge in [-0.3, -0.25) is 0 Å². The van der Waals surface area contributed by atoms with Crippen LogP contribution in [-0.2, 0) is 22.6 Å². The van der Waals surface area contributed by atoms with E-state index in [2.05, 4.69) is 6.58 Å². The summed E-state index contributed by atoms with van der Waals surface area (Å²) < 4.78 is 10.4. The van der Waals surface area contributed by atoms with E-state index in [4.69, 9.17) is 9.47 Å². The van der Waals surface area contributed by atoms with Crippen LogP contribution in [0.15, 0.2) is 24.8 Å². The lowest BCUT2D eigenvalue weighted by molar-refractivity contribution is -0.108. The molecule has 6 nitrogen and oxygen atoms in total. The first-order chi connectivity index (χ1) is 11.2. The number of rotatable bonds is 6. The Morgan fingerprint density at radius 2 is 2.25 bits per heavy atom. The van der Waals surface area contributed by atoms with E-state index in [1.807, 2.05) is 6.07 Å². The molecule has 0 fully saturated rings. The smallest absolute Gasteiger partial charge is 0.410 e. The van der Waals surface area contributed by atoms with E-state index < -0.39 is 12.1 Å². The Bertz CT molecular complexity index is 605. The molecule has 0 saturated heterocycles. The molecule has 2 rings (SSSR count). The summed E-state index contributed by atoms with van der Waals surface area (Å²) in [6.07, 6.45) is 2.63. The molecule has 132 valence electrons. The third-order valence-electron chi connectivity index (χ3n) is 3.95. The lowest BCUT2D eigenvalue weighted by Gasteiger charge is -2.36. The van der Waals surface area contributed by atoms with Crippen molar-refractivity contribution in [1.29, 1.82) is 0 Å². The molecule has 0 unspecified atom stereocenters. The first-order valence-electron chi connectivity index (χ1n) is 7.44. The molecule has 1 aromatic carbocycles. The molecule has 1 N–H and O–H groups in total. The van der Waals surface area contributed by atoms with Crippen molar-refractivity contribution in [2.45, 2.75) is 25.5 Å². The van der Waals surface area contributed by atoms with Crippen molar-refractivity contribution < 1.29 is 24.2 Å². The molecule has 0 aliphatic carbocycles. The molecule has 0 spiro atoms. The van der Waals surface area contributed by atoms with Gasteiger partial charge in [0.05, 0.1) is 19.8 Å². The average molecular weight is 353 g/mol. The average Bonchev–Trinajstić information content (AvgIpc) is 2.58. The van der Waals surface area contributed by atoms with Crippen LogP contribution in [0.2, 0.25) is 0 Å². The molecule has 0 aromatic heterocycles. The standard InChI is InChI=1S/C17H21NO5.H2S/c1-3-8-23-17(21)18-6-4-12-10-16(22-2)13(11-20)9-14(12)15(18)5-7-19;/h3,7,9-10,15,20H,1,4-6,8,11H2,2H3;1H2/t15-;/m0./s1. The number of amides is 1. The van der Waals surface area contributed by atoms with Gasteiger partial charge in [0.15, 0.2) is 0 Å². The predicted molar refractivity (Wildman–Crippen MR) is 94.7 cm³/mol. The highest BCUT2D eigenvalue weighted by Crippen LogP contribution is 2.36. The summed E-state index contributed by atoms with van der Waals surface area (Å²) in [7, 11) is 1.55. The van der Waals surface area contributed by atoms with Crippen LogP contribution >= 0.6 is 13.5 Å². The minimum atomic E-state index is -0.469. The number of carbonyl (C=O) groups excluding carboxylic acids is 2. The van der Waals surface area contributed by atoms with Crippen molar-refractivity contribution in [1.82, 2.24) is 4.90 Å². The molecule has 1 aromatic rings. The van der Waals surface area contributed by atoms with Crippen LogP contribution in [0.1, 0.15) is 29.2 Å². The highest BCUT2D eigenvalue weighted by atomic mass is 32.1. The van der Waals surface area contributed by atoms with Gasteiger partial charge in [-0.1, -0.05) is 12.7 Å². The van der Waals surface area contributed by atoms with Gasteiger partial charge in [0, 0.05) is 18.5 Å². The van der Waals surface area contributed by atoms with Gasteiger partial charge in [-0.25, -0.2) is 4.79 Å². The van der Waals surface area contributed by atoms with E-state index in [1.54, 1.807) is 18.1 Å².